The normalized spacial score (nSPS) is 14.6. The van der Waals surface area contributed by atoms with Crippen LogP contribution in [0, 0.1) is 0 Å². The number of phenolic OH excluding ortho intramolecular Hbond substituents is 1. The third kappa shape index (κ3) is 1.47. The van der Waals surface area contributed by atoms with E-state index >= 15 is 0 Å². The van der Waals surface area contributed by atoms with Crippen molar-refractivity contribution in [1.29, 1.82) is 0 Å². The molecular weight excluding hydrogens is 210 g/mol. The summed E-state index contributed by atoms with van der Waals surface area (Å²) in [5.74, 6) is 0.395. The Bertz CT molecular complexity index is 574. The third-order valence-electron chi connectivity index (χ3n) is 3.65. The van der Waals surface area contributed by atoms with Gasteiger partial charge in [-0.15, -0.1) is 0 Å². The molecule has 0 aliphatic carbocycles. The predicted molar refractivity (Wildman–Crippen MR) is 71.8 cm³/mol. The molecule has 1 N–H and O–H groups in total. The maximum Gasteiger partial charge on any atom is 0.125 e. The quantitative estimate of drug-likeness (QED) is 0.808. The van der Waals surface area contributed by atoms with Gasteiger partial charge in [0.15, 0.2) is 0 Å². The van der Waals surface area contributed by atoms with Crippen molar-refractivity contribution in [3.63, 3.8) is 0 Å². The van der Waals surface area contributed by atoms with Crippen LogP contribution in [-0.2, 0) is 6.42 Å². The third-order valence-corrected chi connectivity index (χ3v) is 3.65. The average Bonchev–Trinajstić information content (AvgIpc) is 2.73. The topological polar surface area (TPSA) is 23.5 Å². The zero-order chi connectivity index (χ0) is 12.0. The highest BCUT2D eigenvalue weighted by atomic mass is 16.3. The van der Waals surface area contributed by atoms with Gasteiger partial charge >= 0.3 is 0 Å². The van der Waals surface area contributed by atoms with Crippen molar-refractivity contribution in [1.82, 2.24) is 0 Å². The molecule has 1 aliphatic rings. The molecule has 0 saturated carbocycles. The Morgan fingerprint density at radius 1 is 1.18 bits per heavy atom. The number of benzene rings is 2. The fourth-order valence-electron chi connectivity index (χ4n) is 2.81. The van der Waals surface area contributed by atoms with Crippen LogP contribution in [0.25, 0.3) is 10.8 Å². The summed E-state index contributed by atoms with van der Waals surface area (Å²) in [5.41, 5.74) is 2.59. The molecule has 3 rings (SSSR count). The Morgan fingerprint density at radius 2 is 1.88 bits per heavy atom. The van der Waals surface area contributed by atoms with Crippen molar-refractivity contribution in [2.45, 2.75) is 26.3 Å². The standard InChI is InChI=1S/C15H17NO/c1-10(2)16-8-7-12-11-5-3-4-6-13(11)15(17)9-14(12)16/h3-6,9-10,17H,7-8H2,1-2H3. The molecule has 1 aliphatic heterocycles. The van der Waals surface area contributed by atoms with E-state index in [0.29, 0.717) is 11.8 Å². The Hall–Kier alpha value is -1.70. The van der Waals surface area contributed by atoms with Crippen LogP contribution in [0.4, 0.5) is 5.69 Å². The Balaban J connectivity index is 2.29. The first-order chi connectivity index (χ1) is 8.18. The van der Waals surface area contributed by atoms with Crippen molar-refractivity contribution >= 4 is 16.5 Å². The largest absolute Gasteiger partial charge is 0.507 e. The summed E-state index contributed by atoms with van der Waals surface area (Å²) < 4.78 is 0. The Morgan fingerprint density at radius 3 is 2.59 bits per heavy atom. The van der Waals surface area contributed by atoms with E-state index in [9.17, 15) is 5.11 Å². The number of aromatic hydroxyl groups is 1. The number of hydrogen-bond donors (Lipinski definition) is 1. The summed E-state index contributed by atoms with van der Waals surface area (Å²) in [7, 11) is 0. The summed E-state index contributed by atoms with van der Waals surface area (Å²) in [4.78, 5) is 2.36. The number of anilines is 1. The van der Waals surface area contributed by atoms with Crippen molar-refractivity contribution in [2.24, 2.45) is 0 Å². The summed E-state index contributed by atoms with van der Waals surface area (Å²) in [5, 5.41) is 12.3. The van der Waals surface area contributed by atoms with E-state index in [2.05, 4.69) is 24.8 Å². The second-order valence-corrected chi connectivity index (χ2v) is 4.98. The van der Waals surface area contributed by atoms with E-state index in [0.717, 1.165) is 18.4 Å². The van der Waals surface area contributed by atoms with Gasteiger partial charge in [-0.05, 0) is 31.2 Å². The second kappa shape index (κ2) is 3.66. The molecule has 2 aromatic carbocycles. The Labute approximate surface area is 101 Å². The van der Waals surface area contributed by atoms with Crippen LogP contribution in [0.1, 0.15) is 19.4 Å². The highest BCUT2D eigenvalue weighted by Crippen LogP contribution is 2.39. The highest BCUT2D eigenvalue weighted by Gasteiger charge is 2.24. The molecule has 0 radical (unpaired) electrons. The number of nitrogens with zero attached hydrogens (tertiary/aromatic N) is 1. The zero-order valence-electron chi connectivity index (χ0n) is 10.3. The van der Waals surface area contributed by atoms with Crippen LogP contribution < -0.4 is 4.90 Å². The monoisotopic (exact) mass is 227 g/mol. The fourth-order valence-corrected chi connectivity index (χ4v) is 2.81. The van der Waals surface area contributed by atoms with E-state index in [4.69, 9.17) is 0 Å². The van der Waals surface area contributed by atoms with Gasteiger partial charge in [-0.25, -0.2) is 0 Å². The van der Waals surface area contributed by atoms with Crippen molar-refractivity contribution < 1.29 is 5.11 Å². The van der Waals surface area contributed by atoms with Gasteiger partial charge in [0, 0.05) is 29.7 Å². The number of rotatable bonds is 1. The minimum atomic E-state index is 0.395. The van der Waals surface area contributed by atoms with Gasteiger partial charge in [-0.2, -0.15) is 0 Å². The molecule has 0 unspecified atom stereocenters. The first-order valence-electron chi connectivity index (χ1n) is 6.18. The lowest BCUT2D eigenvalue weighted by Gasteiger charge is -2.24. The molecule has 0 aromatic heterocycles. The minimum Gasteiger partial charge on any atom is -0.507 e. The van der Waals surface area contributed by atoms with E-state index < -0.39 is 0 Å². The molecule has 2 nitrogen and oxygen atoms in total. The summed E-state index contributed by atoms with van der Waals surface area (Å²) in [6, 6.07) is 10.5. The van der Waals surface area contributed by atoms with E-state index in [1.807, 2.05) is 24.3 Å². The van der Waals surface area contributed by atoms with Gasteiger partial charge in [-0.3, -0.25) is 0 Å². The van der Waals surface area contributed by atoms with Crippen molar-refractivity contribution in [3.05, 3.63) is 35.9 Å². The molecule has 17 heavy (non-hydrogen) atoms. The minimum absolute atomic E-state index is 0.395. The predicted octanol–water partition coefficient (Wildman–Crippen LogP) is 3.32. The molecule has 0 spiro atoms. The lowest BCUT2D eigenvalue weighted by atomic mass is 10.0. The smallest absolute Gasteiger partial charge is 0.125 e. The molecule has 0 atom stereocenters. The molecule has 0 amide bonds. The number of hydrogen-bond acceptors (Lipinski definition) is 2. The van der Waals surface area contributed by atoms with E-state index in [-0.39, 0.29) is 0 Å². The number of fused-ring (bicyclic) bond motifs is 3. The molecular formula is C15H17NO. The highest BCUT2D eigenvalue weighted by molar-refractivity contribution is 5.96. The average molecular weight is 227 g/mol. The lowest BCUT2D eigenvalue weighted by molar-refractivity contribution is 0.481. The van der Waals surface area contributed by atoms with Gasteiger partial charge in [0.2, 0.25) is 0 Å². The molecule has 0 fully saturated rings. The first kappa shape index (κ1) is 10.5. The summed E-state index contributed by atoms with van der Waals surface area (Å²) >= 11 is 0. The summed E-state index contributed by atoms with van der Waals surface area (Å²) in [6.45, 7) is 5.45. The van der Waals surface area contributed by atoms with E-state index in [1.54, 1.807) is 0 Å². The van der Waals surface area contributed by atoms with Crippen LogP contribution in [-0.4, -0.2) is 17.7 Å². The van der Waals surface area contributed by atoms with Crippen molar-refractivity contribution in [3.8, 4) is 5.75 Å². The number of phenols is 1. The maximum atomic E-state index is 10.1. The van der Waals surface area contributed by atoms with Crippen molar-refractivity contribution in [2.75, 3.05) is 11.4 Å². The molecule has 1 heterocycles. The van der Waals surface area contributed by atoms with Gasteiger partial charge in [0.1, 0.15) is 5.75 Å². The van der Waals surface area contributed by atoms with Crippen LogP contribution in [0.15, 0.2) is 30.3 Å². The molecule has 2 aromatic rings. The van der Waals surface area contributed by atoms with Gasteiger partial charge < -0.3 is 10.0 Å². The van der Waals surface area contributed by atoms with Crippen LogP contribution >= 0.6 is 0 Å². The SMILES string of the molecule is CC(C)N1CCc2c1cc(O)c1ccccc21. The van der Waals surface area contributed by atoms with E-state index in [1.165, 1.54) is 16.6 Å². The molecule has 0 bridgehead atoms. The van der Waals surface area contributed by atoms with Gasteiger partial charge in [-0.1, -0.05) is 24.3 Å². The maximum absolute atomic E-state index is 10.1. The molecule has 2 heteroatoms. The Kier molecular flexibility index (Phi) is 2.25. The molecule has 0 saturated heterocycles. The molecule has 88 valence electrons. The fraction of sp³-hybridized carbons (Fsp3) is 0.333. The second-order valence-electron chi connectivity index (χ2n) is 4.98. The zero-order valence-corrected chi connectivity index (χ0v) is 10.3. The van der Waals surface area contributed by atoms with Gasteiger partial charge in [0.25, 0.3) is 0 Å². The van der Waals surface area contributed by atoms with Gasteiger partial charge in [0.05, 0.1) is 0 Å². The lowest BCUT2D eigenvalue weighted by Crippen LogP contribution is -2.28. The van der Waals surface area contributed by atoms with Crippen LogP contribution in [0.5, 0.6) is 5.75 Å². The first-order valence-corrected chi connectivity index (χ1v) is 6.18. The van der Waals surface area contributed by atoms with Crippen LogP contribution in [0.2, 0.25) is 0 Å². The summed E-state index contributed by atoms with van der Waals surface area (Å²) in [6.07, 6.45) is 1.08. The van der Waals surface area contributed by atoms with Crippen LogP contribution in [0.3, 0.4) is 0 Å².